The van der Waals surface area contributed by atoms with E-state index < -0.39 is 5.97 Å². The second-order valence-corrected chi connectivity index (χ2v) is 6.29. The zero-order chi connectivity index (χ0) is 19.4. The highest BCUT2D eigenvalue weighted by atomic mass is 16.5. The van der Waals surface area contributed by atoms with Crippen LogP contribution < -0.4 is 4.90 Å². The average Bonchev–Trinajstić information content (AvgIpc) is 3.09. The molecule has 0 radical (unpaired) electrons. The summed E-state index contributed by atoms with van der Waals surface area (Å²) in [6.45, 7) is 4.04. The first-order valence-corrected chi connectivity index (χ1v) is 8.87. The Labute approximate surface area is 157 Å². The van der Waals surface area contributed by atoms with Gasteiger partial charge in [-0.1, -0.05) is 25.1 Å². The topological polar surface area (TPSA) is 72.6 Å². The minimum atomic E-state index is -0.433. The van der Waals surface area contributed by atoms with E-state index in [0.717, 1.165) is 17.5 Å². The standard InChI is InChI=1S/C21H22N2O4/c1-4-15-6-8-16(9-7-15)23(19(24)11-12-20(25)26-3)21-22-17-13-14(2)5-10-18(17)27-21/h5-10,13H,4,11-12H2,1-3H3. The van der Waals surface area contributed by atoms with Gasteiger partial charge in [0.2, 0.25) is 5.91 Å². The van der Waals surface area contributed by atoms with Crippen LogP contribution in [0.15, 0.2) is 46.9 Å². The van der Waals surface area contributed by atoms with Crippen LogP contribution in [0.1, 0.15) is 30.9 Å². The Kier molecular flexibility index (Phi) is 5.54. The first-order chi connectivity index (χ1) is 13.0. The predicted molar refractivity (Wildman–Crippen MR) is 103 cm³/mol. The van der Waals surface area contributed by atoms with Gasteiger partial charge in [0.1, 0.15) is 5.52 Å². The Hall–Kier alpha value is -3.15. The zero-order valence-electron chi connectivity index (χ0n) is 15.7. The Bertz CT molecular complexity index is 960. The van der Waals surface area contributed by atoms with Crippen molar-refractivity contribution in [2.45, 2.75) is 33.1 Å². The molecule has 0 saturated carbocycles. The maximum absolute atomic E-state index is 12.9. The van der Waals surface area contributed by atoms with Crippen molar-refractivity contribution in [1.82, 2.24) is 4.98 Å². The molecule has 1 heterocycles. The summed E-state index contributed by atoms with van der Waals surface area (Å²) in [5.41, 5.74) is 4.14. The monoisotopic (exact) mass is 366 g/mol. The maximum Gasteiger partial charge on any atom is 0.310 e. The fourth-order valence-corrected chi connectivity index (χ4v) is 2.79. The molecule has 1 amide bonds. The van der Waals surface area contributed by atoms with Crippen LogP contribution in [-0.4, -0.2) is 24.0 Å². The van der Waals surface area contributed by atoms with Gasteiger partial charge in [-0.2, -0.15) is 4.98 Å². The Balaban J connectivity index is 1.99. The zero-order valence-corrected chi connectivity index (χ0v) is 15.7. The van der Waals surface area contributed by atoms with Gasteiger partial charge in [-0.15, -0.1) is 0 Å². The number of rotatable bonds is 6. The Morgan fingerprint density at radius 3 is 2.52 bits per heavy atom. The van der Waals surface area contributed by atoms with Gasteiger partial charge in [-0.3, -0.25) is 9.59 Å². The van der Waals surface area contributed by atoms with Gasteiger partial charge < -0.3 is 9.15 Å². The van der Waals surface area contributed by atoms with Gasteiger partial charge >= 0.3 is 12.0 Å². The van der Waals surface area contributed by atoms with Crippen molar-refractivity contribution in [2.75, 3.05) is 12.0 Å². The van der Waals surface area contributed by atoms with Crippen molar-refractivity contribution >= 4 is 34.7 Å². The third kappa shape index (κ3) is 4.16. The number of carbonyl (C=O) groups excluding carboxylic acids is 2. The highest BCUT2D eigenvalue weighted by Crippen LogP contribution is 2.30. The number of benzene rings is 2. The number of carbonyl (C=O) groups is 2. The van der Waals surface area contributed by atoms with Crippen molar-refractivity contribution < 1.29 is 18.7 Å². The summed E-state index contributed by atoms with van der Waals surface area (Å²) in [7, 11) is 1.30. The number of esters is 1. The highest BCUT2D eigenvalue weighted by Gasteiger charge is 2.24. The number of hydrogen-bond acceptors (Lipinski definition) is 5. The van der Waals surface area contributed by atoms with Gasteiger partial charge in [0, 0.05) is 6.42 Å². The third-order valence-electron chi connectivity index (χ3n) is 4.35. The lowest BCUT2D eigenvalue weighted by Crippen LogP contribution is -2.26. The molecule has 0 bridgehead atoms. The fraction of sp³-hybridized carbons (Fsp3) is 0.286. The molecule has 0 unspecified atom stereocenters. The van der Waals surface area contributed by atoms with Crippen molar-refractivity contribution in [3.05, 3.63) is 53.6 Å². The van der Waals surface area contributed by atoms with Crippen LogP contribution in [0.2, 0.25) is 0 Å². The predicted octanol–water partition coefficient (Wildman–Crippen LogP) is 4.32. The molecule has 0 saturated heterocycles. The lowest BCUT2D eigenvalue weighted by molar-refractivity contribution is -0.141. The molecule has 2 aromatic carbocycles. The molecule has 140 valence electrons. The van der Waals surface area contributed by atoms with E-state index in [9.17, 15) is 9.59 Å². The van der Waals surface area contributed by atoms with Gasteiger partial charge in [-0.05, 0) is 48.7 Å². The molecule has 1 aromatic heterocycles. The first kappa shape index (κ1) is 18.6. The van der Waals surface area contributed by atoms with Crippen molar-refractivity contribution in [3.63, 3.8) is 0 Å². The number of methoxy groups -OCH3 is 1. The van der Waals surface area contributed by atoms with Crippen molar-refractivity contribution in [2.24, 2.45) is 0 Å². The summed E-state index contributed by atoms with van der Waals surface area (Å²) in [5, 5.41) is 0. The van der Waals surface area contributed by atoms with E-state index in [1.54, 1.807) is 0 Å². The lowest BCUT2D eigenvalue weighted by Gasteiger charge is -2.19. The summed E-state index contributed by atoms with van der Waals surface area (Å²) in [6.07, 6.45) is 0.900. The average molecular weight is 366 g/mol. The van der Waals surface area contributed by atoms with Crippen LogP contribution >= 0.6 is 0 Å². The minimum Gasteiger partial charge on any atom is -0.469 e. The third-order valence-corrected chi connectivity index (χ3v) is 4.35. The SMILES string of the molecule is CCc1ccc(N(C(=O)CCC(=O)OC)c2nc3cc(C)ccc3o2)cc1. The number of fused-ring (bicyclic) bond motifs is 1. The fourth-order valence-electron chi connectivity index (χ4n) is 2.79. The first-order valence-electron chi connectivity index (χ1n) is 8.87. The van der Waals surface area contributed by atoms with Crippen molar-refractivity contribution in [3.8, 4) is 0 Å². The molecule has 3 aromatic rings. The molecular weight excluding hydrogens is 344 g/mol. The molecule has 27 heavy (non-hydrogen) atoms. The van der Waals surface area contributed by atoms with E-state index in [0.29, 0.717) is 16.8 Å². The summed E-state index contributed by atoms with van der Waals surface area (Å²) in [5.74, 6) is -0.717. The van der Waals surface area contributed by atoms with Crippen LogP contribution in [0, 0.1) is 6.92 Å². The second kappa shape index (κ2) is 8.03. The summed E-state index contributed by atoms with van der Waals surface area (Å²) in [6, 6.07) is 13.5. The summed E-state index contributed by atoms with van der Waals surface area (Å²) in [4.78, 5) is 30.2. The lowest BCUT2D eigenvalue weighted by atomic mass is 10.1. The molecular formula is C21H22N2O4. The highest BCUT2D eigenvalue weighted by molar-refractivity contribution is 6.00. The molecule has 6 heteroatoms. The largest absolute Gasteiger partial charge is 0.469 e. The van der Waals surface area contributed by atoms with E-state index >= 15 is 0 Å². The number of aryl methyl sites for hydroxylation is 2. The number of ether oxygens (including phenoxy) is 1. The number of hydrogen-bond donors (Lipinski definition) is 0. The number of oxazole rings is 1. The Morgan fingerprint density at radius 1 is 1.11 bits per heavy atom. The van der Waals surface area contributed by atoms with Crippen LogP contribution in [-0.2, 0) is 20.7 Å². The molecule has 0 aliphatic carbocycles. The number of aromatic nitrogens is 1. The molecule has 0 fully saturated rings. The van der Waals surface area contributed by atoms with E-state index in [1.807, 2.05) is 49.4 Å². The number of amides is 1. The van der Waals surface area contributed by atoms with Crippen LogP contribution in [0.5, 0.6) is 0 Å². The normalized spacial score (nSPS) is 10.8. The molecule has 0 N–H and O–H groups in total. The molecule has 3 rings (SSSR count). The van der Waals surface area contributed by atoms with E-state index in [2.05, 4.69) is 16.6 Å². The van der Waals surface area contributed by atoms with Crippen LogP contribution in [0.25, 0.3) is 11.1 Å². The quantitative estimate of drug-likeness (QED) is 0.608. The van der Waals surface area contributed by atoms with Crippen molar-refractivity contribution in [1.29, 1.82) is 0 Å². The van der Waals surface area contributed by atoms with Crippen LogP contribution in [0.3, 0.4) is 0 Å². The number of anilines is 2. The molecule has 0 aliphatic heterocycles. The van der Waals surface area contributed by atoms with Gasteiger partial charge in [0.25, 0.3) is 0 Å². The molecule has 0 atom stereocenters. The number of nitrogens with zero attached hydrogens (tertiary/aromatic N) is 2. The minimum absolute atomic E-state index is 0.0000441. The second-order valence-electron chi connectivity index (χ2n) is 6.29. The van der Waals surface area contributed by atoms with E-state index in [-0.39, 0.29) is 24.8 Å². The van der Waals surface area contributed by atoms with E-state index in [4.69, 9.17) is 4.42 Å². The van der Waals surface area contributed by atoms with Gasteiger partial charge in [0.15, 0.2) is 5.58 Å². The maximum atomic E-state index is 12.9. The summed E-state index contributed by atoms with van der Waals surface area (Å²) < 4.78 is 10.5. The van der Waals surface area contributed by atoms with Gasteiger partial charge in [-0.25, -0.2) is 4.90 Å². The molecule has 6 nitrogen and oxygen atoms in total. The smallest absolute Gasteiger partial charge is 0.310 e. The van der Waals surface area contributed by atoms with Crippen LogP contribution in [0.4, 0.5) is 11.7 Å². The Morgan fingerprint density at radius 2 is 1.85 bits per heavy atom. The molecule has 0 spiro atoms. The molecule has 0 aliphatic rings. The van der Waals surface area contributed by atoms with E-state index in [1.165, 1.54) is 12.0 Å². The van der Waals surface area contributed by atoms with Gasteiger partial charge in [0.05, 0.1) is 19.2 Å². The summed E-state index contributed by atoms with van der Waals surface area (Å²) >= 11 is 0.